The molecule has 2 aromatic carbocycles. The smallest absolute Gasteiger partial charge is 0.411 e. The standard InChI is InChI=1S/C27H23N3O5/c31-25(30-12-20-21(13-30)24(20)26(32)33)23-10-9-15(11-28-23)29-27(34)35-14-22-18-7-3-1-5-16(18)17-6-2-4-8-19(17)22/h1-11,20-22,24H,12-14H2,(H,29,34)(H,32,33)/t20-,21+,24?. The lowest BCUT2D eigenvalue weighted by Crippen LogP contribution is -2.33. The topological polar surface area (TPSA) is 109 Å². The van der Waals surface area contributed by atoms with Crippen LogP contribution in [0.5, 0.6) is 0 Å². The molecule has 1 unspecified atom stereocenters. The Hall–Kier alpha value is -4.20. The molecule has 2 N–H and O–H groups in total. The molecule has 2 aliphatic carbocycles. The summed E-state index contributed by atoms with van der Waals surface area (Å²) in [6.07, 6.45) is 0.831. The van der Waals surface area contributed by atoms with Crippen molar-refractivity contribution < 1.29 is 24.2 Å². The quantitative estimate of drug-likeness (QED) is 0.588. The van der Waals surface area contributed by atoms with Crippen molar-refractivity contribution in [3.63, 3.8) is 0 Å². The Kier molecular flexibility index (Phi) is 5.02. The van der Waals surface area contributed by atoms with Crippen LogP contribution in [-0.4, -0.2) is 52.7 Å². The van der Waals surface area contributed by atoms with E-state index in [-0.39, 0.29) is 41.9 Å². The maximum atomic E-state index is 12.7. The Balaban J connectivity index is 1.05. The van der Waals surface area contributed by atoms with Crippen molar-refractivity contribution in [3.8, 4) is 11.1 Å². The highest BCUT2D eigenvalue weighted by Crippen LogP contribution is 2.52. The van der Waals surface area contributed by atoms with Gasteiger partial charge in [-0.1, -0.05) is 48.5 Å². The summed E-state index contributed by atoms with van der Waals surface area (Å²) in [4.78, 5) is 42.1. The van der Waals surface area contributed by atoms with Crippen LogP contribution in [-0.2, 0) is 9.53 Å². The number of anilines is 1. The zero-order valence-electron chi connectivity index (χ0n) is 18.8. The predicted octanol–water partition coefficient (Wildman–Crippen LogP) is 3.85. The molecule has 35 heavy (non-hydrogen) atoms. The molecule has 3 atom stereocenters. The molecule has 1 saturated heterocycles. The Labute approximate surface area is 201 Å². The SMILES string of the molecule is O=C(Nc1ccc(C(=O)N2C[C@@H]3C(C(=O)O)[C@@H]3C2)nc1)OCC1c2ccccc2-c2ccccc21. The number of carboxylic acid groups (broad SMARTS) is 1. The molecule has 1 saturated carbocycles. The lowest BCUT2D eigenvalue weighted by atomic mass is 9.98. The molecule has 3 aliphatic rings. The van der Waals surface area contributed by atoms with Crippen LogP contribution in [0.2, 0.25) is 0 Å². The van der Waals surface area contributed by atoms with Crippen molar-refractivity contribution in [2.45, 2.75) is 5.92 Å². The number of piperidine rings is 1. The van der Waals surface area contributed by atoms with Gasteiger partial charge in [0.2, 0.25) is 0 Å². The summed E-state index contributed by atoms with van der Waals surface area (Å²) in [5.41, 5.74) is 5.29. The number of carbonyl (C=O) groups is 3. The fourth-order valence-corrected chi connectivity index (χ4v) is 5.57. The van der Waals surface area contributed by atoms with E-state index in [1.165, 1.54) is 6.20 Å². The van der Waals surface area contributed by atoms with Gasteiger partial charge in [0.05, 0.1) is 17.8 Å². The van der Waals surface area contributed by atoms with Crippen LogP contribution in [0.4, 0.5) is 10.5 Å². The highest BCUT2D eigenvalue weighted by molar-refractivity contribution is 5.93. The minimum Gasteiger partial charge on any atom is -0.481 e. The Bertz CT molecular complexity index is 1280. The molecule has 0 bridgehead atoms. The van der Waals surface area contributed by atoms with Crippen LogP contribution < -0.4 is 5.32 Å². The normalized spacial score (nSPS) is 21.6. The molecule has 8 nitrogen and oxygen atoms in total. The number of pyridine rings is 1. The number of amides is 2. The average Bonchev–Trinajstić information content (AvgIpc) is 3.23. The summed E-state index contributed by atoms with van der Waals surface area (Å²) in [6.45, 7) is 1.10. The Morgan fingerprint density at radius 2 is 1.57 bits per heavy atom. The summed E-state index contributed by atoms with van der Waals surface area (Å²) in [5.74, 6) is -1.27. The van der Waals surface area contributed by atoms with E-state index in [1.807, 2.05) is 24.3 Å². The molecule has 3 aromatic rings. The van der Waals surface area contributed by atoms with Crippen LogP contribution in [0, 0.1) is 17.8 Å². The maximum Gasteiger partial charge on any atom is 0.411 e. The maximum absolute atomic E-state index is 12.7. The first-order valence-electron chi connectivity index (χ1n) is 11.6. The molecule has 1 aromatic heterocycles. The average molecular weight is 469 g/mol. The molecule has 2 heterocycles. The number of ether oxygens (including phenoxy) is 1. The number of likely N-dealkylation sites (tertiary alicyclic amines) is 1. The van der Waals surface area contributed by atoms with E-state index in [2.05, 4.69) is 34.6 Å². The van der Waals surface area contributed by atoms with Crippen molar-refractivity contribution in [1.29, 1.82) is 0 Å². The lowest BCUT2D eigenvalue weighted by molar-refractivity contribution is -0.139. The second kappa shape index (κ2) is 8.23. The molecule has 8 heteroatoms. The number of benzene rings is 2. The summed E-state index contributed by atoms with van der Waals surface area (Å²) < 4.78 is 5.55. The number of nitrogens with zero attached hydrogens (tertiary/aromatic N) is 2. The van der Waals surface area contributed by atoms with Crippen molar-refractivity contribution in [2.24, 2.45) is 17.8 Å². The Morgan fingerprint density at radius 3 is 2.14 bits per heavy atom. The zero-order valence-corrected chi connectivity index (χ0v) is 18.8. The van der Waals surface area contributed by atoms with Gasteiger partial charge < -0.3 is 14.7 Å². The number of rotatable bonds is 5. The summed E-state index contributed by atoms with van der Waals surface area (Å²) in [7, 11) is 0. The molecule has 1 aliphatic heterocycles. The predicted molar refractivity (Wildman–Crippen MR) is 127 cm³/mol. The van der Waals surface area contributed by atoms with Gasteiger partial charge in [-0.05, 0) is 46.2 Å². The second-order valence-electron chi connectivity index (χ2n) is 9.28. The van der Waals surface area contributed by atoms with Gasteiger partial charge in [-0.25, -0.2) is 9.78 Å². The van der Waals surface area contributed by atoms with Gasteiger partial charge >= 0.3 is 12.1 Å². The number of aliphatic carboxylic acids is 1. The van der Waals surface area contributed by atoms with Gasteiger partial charge in [0.25, 0.3) is 5.91 Å². The van der Waals surface area contributed by atoms with Crippen molar-refractivity contribution in [2.75, 3.05) is 25.0 Å². The second-order valence-corrected chi connectivity index (χ2v) is 9.28. The highest BCUT2D eigenvalue weighted by atomic mass is 16.5. The molecular formula is C27H23N3O5. The number of nitrogens with one attached hydrogen (secondary N) is 1. The first kappa shape index (κ1) is 21.3. The van der Waals surface area contributed by atoms with Gasteiger partial charge in [0, 0.05) is 19.0 Å². The van der Waals surface area contributed by atoms with Crippen molar-refractivity contribution in [1.82, 2.24) is 9.88 Å². The van der Waals surface area contributed by atoms with Crippen molar-refractivity contribution >= 4 is 23.7 Å². The number of hydrogen-bond acceptors (Lipinski definition) is 5. The molecule has 2 fully saturated rings. The molecular weight excluding hydrogens is 446 g/mol. The van der Waals surface area contributed by atoms with Crippen LogP contribution in [0.15, 0.2) is 66.9 Å². The van der Waals surface area contributed by atoms with E-state index in [0.717, 1.165) is 22.3 Å². The summed E-state index contributed by atoms with van der Waals surface area (Å²) >= 11 is 0. The van der Waals surface area contributed by atoms with E-state index in [9.17, 15) is 14.4 Å². The minimum absolute atomic E-state index is 0.0290. The first-order chi connectivity index (χ1) is 17.0. The summed E-state index contributed by atoms with van der Waals surface area (Å²) in [5, 5.41) is 11.8. The van der Waals surface area contributed by atoms with Gasteiger partial charge in [0.15, 0.2) is 0 Å². The third-order valence-electron chi connectivity index (χ3n) is 7.34. The van der Waals surface area contributed by atoms with E-state index in [1.54, 1.807) is 17.0 Å². The molecule has 0 radical (unpaired) electrons. The van der Waals surface area contributed by atoms with Gasteiger partial charge in [-0.2, -0.15) is 0 Å². The van der Waals surface area contributed by atoms with Crippen LogP contribution in [0.25, 0.3) is 11.1 Å². The third-order valence-corrected chi connectivity index (χ3v) is 7.34. The zero-order chi connectivity index (χ0) is 24.1. The monoisotopic (exact) mass is 469 g/mol. The highest BCUT2D eigenvalue weighted by Gasteiger charge is 2.60. The number of carbonyl (C=O) groups excluding carboxylic acids is 2. The molecule has 6 rings (SSSR count). The van der Waals surface area contributed by atoms with Crippen molar-refractivity contribution in [3.05, 3.63) is 83.7 Å². The summed E-state index contributed by atoms with van der Waals surface area (Å²) in [6, 6.07) is 19.4. The first-order valence-corrected chi connectivity index (χ1v) is 11.6. The molecule has 176 valence electrons. The van der Waals surface area contributed by atoms with Crippen LogP contribution in [0.1, 0.15) is 27.5 Å². The van der Waals surface area contributed by atoms with E-state index in [0.29, 0.717) is 18.8 Å². The van der Waals surface area contributed by atoms with E-state index in [4.69, 9.17) is 9.84 Å². The van der Waals surface area contributed by atoms with Crippen LogP contribution >= 0.6 is 0 Å². The van der Waals surface area contributed by atoms with E-state index >= 15 is 0 Å². The fraction of sp³-hybridized carbons (Fsp3) is 0.259. The lowest BCUT2D eigenvalue weighted by Gasteiger charge is -2.18. The number of carboxylic acids is 1. The van der Waals surface area contributed by atoms with Gasteiger partial charge in [-0.15, -0.1) is 0 Å². The van der Waals surface area contributed by atoms with Gasteiger partial charge in [-0.3, -0.25) is 14.9 Å². The minimum atomic E-state index is -0.783. The number of aromatic nitrogens is 1. The number of hydrogen-bond donors (Lipinski definition) is 2. The molecule has 0 spiro atoms. The third kappa shape index (κ3) is 3.71. The fourth-order valence-electron chi connectivity index (χ4n) is 5.57. The largest absolute Gasteiger partial charge is 0.481 e. The van der Waals surface area contributed by atoms with Gasteiger partial charge in [0.1, 0.15) is 12.3 Å². The van der Waals surface area contributed by atoms with E-state index < -0.39 is 12.1 Å². The van der Waals surface area contributed by atoms with Crippen LogP contribution in [0.3, 0.4) is 0 Å². The number of fused-ring (bicyclic) bond motifs is 4. The Morgan fingerprint density at radius 1 is 0.943 bits per heavy atom. The molecule has 2 amide bonds.